The maximum Gasteiger partial charge on any atom is 0.303 e. The fraction of sp³-hybridized carbons (Fsp3) is 0.467. The van der Waals surface area contributed by atoms with Crippen LogP contribution < -0.4 is 5.32 Å². The lowest BCUT2D eigenvalue weighted by Crippen LogP contribution is -2.27. The SMILES string of the molecule is O=C(O)CC1(CC(=O)Nc2cccc([N+](=O)[O-])c2)CCCC1. The van der Waals surface area contributed by atoms with Crippen LogP contribution in [0.1, 0.15) is 38.5 Å². The van der Waals surface area contributed by atoms with Gasteiger partial charge in [0.1, 0.15) is 0 Å². The van der Waals surface area contributed by atoms with Crippen molar-refractivity contribution in [1.82, 2.24) is 0 Å². The van der Waals surface area contributed by atoms with Gasteiger partial charge in [0.25, 0.3) is 5.69 Å². The standard InChI is InChI=1S/C15H18N2O5/c18-13(9-15(10-14(19)20)6-1-2-7-15)16-11-4-3-5-12(8-11)17(21)22/h3-5,8H,1-2,6-7,9-10H2,(H,16,18)(H,19,20). The summed E-state index contributed by atoms with van der Waals surface area (Å²) in [5, 5.41) is 22.4. The lowest BCUT2D eigenvalue weighted by molar-refractivity contribution is -0.384. The van der Waals surface area contributed by atoms with E-state index in [9.17, 15) is 19.7 Å². The van der Waals surface area contributed by atoms with Crippen molar-refractivity contribution in [3.63, 3.8) is 0 Å². The minimum absolute atomic E-state index is 0.0185. The molecule has 0 atom stereocenters. The molecule has 2 rings (SSSR count). The van der Waals surface area contributed by atoms with Crippen LogP contribution in [0.3, 0.4) is 0 Å². The number of nitrogens with one attached hydrogen (secondary N) is 1. The third kappa shape index (κ3) is 4.03. The molecule has 1 aromatic carbocycles. The van der Waals surface area contributed by atoms with Crippen LogP contribution in [0.15, 0.2) is 24.3 Å². The van der Waals surface area contributed by atoms with E-state index >= 15 is 0 Å². The minimum atomic E-state index is -0.898. The molecule has 0 aromatic heterocycles. The summed E-state index contributed by atoms with van der Waals surface area (Å²) in [6.45, 7) is 0. The molecule has 1 fully saturated rings. The van der Waals surface area contributed by atoms with Gasteiger partial charge in [0, 0.05) is 24.2 Å². The smallest absolute Gasteiger partial charge is 0.303 e. The number of carboxylic acids is 1. The van der Waals surface area contributed by atoms with Gasteiger partial charge in [-0.25, -0.2) is 0 Å². The van der Waals surface area contributed by atoms with Gasteiger partial charge in [0.15, 0.2) is 0 Å². The molecular weight excluding hydrogens is 288 g/mol. The molecule has 1 aliphatic carbocycles. The van der Waals surface area contributed by atoms with Gasteiger partial charge in [-0.15, -0.1) is 0 Å². The van der Waals surface area contributed by atoms with Gasteiger partial charge >= 0.3 is 5.97 Å². The van der Waals surface area contributed by atoms with E-state index in [2.05, 4.69) is 5.32 Å². The van der Waals surface area contributed by atoms with Gasteiger partial charge in [0.2, 0.25) is 5.91 Å². The van der Waals surface area contributed by atoms with Crippen LogP contribution in [0.5, 0.6) is 0 Å². The largest absolute Gasteiger partial charge is 0.481 e. The van der Waals surface area contributed by atoms with E-state index in [1.807, 2.05) is 0 Å². The van der Waals surface area contributed by atoms with Crippen molar-refractivity contribution in [3.8, 4) is 0 Å². The molecule has 0 spiro atoms. The first-order chi connectivity index (χ1) is 10.4. The zero-order valence-corrected chi connectivity index (χ0v) is 12.1. The molecule has 0 radical (unpaired) electrons. The summed E-state index contributed by atoms with van der Waals surface area (Å²) in [4.78, 5) is 33.4. The molecule has 0 bridgehead atoms. The first-order valence-electron chi connectivity index (χ1n) is 7.16. The van der Waals surface area contributed by atoms with E-state index in [1.54, 1.807) is 6.07 Å². The number of aliphatic carboxylic acids is 1. The number of carbonyl (C=O) groups is 2. The Kier molecular flexibility index (Phi) is 4.75. The Balaban J connectivity index is 2.04. The maximum absolute atomic E-state index is 12.2. The van der Waals surface area contributed by atoms with Gasteiger partial charge in [-0.05, 0) is 24.3 Å². The molecule has 118 valence electrons. The summed E-state index contributed by atoms with van der Waals surface area (Å²) in [6, 6.07) is 5.70. The maximum atomic E-state index is 12.2. The normalized spacial score (nSPS) is 16.2. The highest BCUT2D eigenvalue weighted by atomic mass is 16.6. The predicted octanol–water partition coefficient (Wildman–Crippen LogP) is 2.96. The van der Waals surface area contributed by atoms with Gasteiger partial charge < -0.3 is 10.4 Å². The fourth-order valence-corrected chi connectivity index (χ4v) is 3.10. The van der Waals surface area contributed by atoms with Crippen molar-refractivity contribution >= 4 is 23.3 Å². The number of carbonyl (C=O) groups excluding carboxylic acids is 1. The molecule has 0 unspecified atom stereocenters. The van der Waals surface area contributed by atoms with Crippen LogP contribution in [0.25, 0.3) is 0 Å². The predicted molar refractivity (Wildman–Crippen MR) is 79.5 cm³/mol. The number of non-ortho nitro benzene ring substituents is 1. The van der Waals surface area contributed by atoms with E-state index in [0.717, 1.165) is 25.7 Å². The lowest BCUT2D eigenvalue weighted by Gasteiger charge is -2.26. The van der Waals surface area contributed by atoms with E-state index in [-0.39, 0.29) is 24.4 Å². The number of amides is 1. The fourth-order valence-electron chi connectivity index (χ4n) is 3.10. The van der Waals surface area contributed by atoms with Gasteiger partial charge in [-0.2, -0.15) is 0 Å². The van der Waals surface area contributed by atoms with E-state index < -0.39 is 16.3 Å². The van der Waals surface area contributed by atoms with Crippen LogP contribution in [-0.2, 0) is 9.59 Å². The molecule has 7 heteroatoms. The molecule has 2 N–H and O–H groups in total. The Morgan fingerprint density at radius 1 is 1.27 bits per heavy atom. The number of rotatable bonds is 6. The lowest BCUT2D eigenvalue weighted by atomic mass is 9.79. The number of nitrogens with zero attached hydrogens (tertiary/aromatic N) is 1. The molecule has 1 aliphatic rings. The molecule has 1 saturated carbocycles. The highest BCUT2D eigenvalue weighted by Gasteiger charge is 2.38. The first kappa shape index (κ1) is 15.9. The van der Waals surface area contributed by atoms with Crippen LogP contribution in [-0.4, -0.2) is 21.9 Å². The van der Waals surface area contributed by atoms with Crippen LogP contribution in [0.4, 0.5) is 11.4 Å². The van der Waals surface area contributed by atoms with Crippen LogP contribution in [0, 0.1) is 15.5 Å². The summed E-state index contributed by atoms with van der Waals surface area (Å²) in [6.07, 6.45) is 3.41. The Hall–Kier alpha value is -2.44. The summed E-state index contributed by atoms with van der Waals surface area (Å²) in [5.41, 5.74) is -0.238. The number of nitro benzene ring substituents is 1. The Morgan fingerprint density at radius 3 is 2.55 bits per heavy atom. The molecule has 0 heterocycles. The highest BCUT2D eigenvalue weighted by molar-refractivity contribution is 5.91. The van der Waals surface area contributed by atoms with Crippen LogP contribution in [0.2, 0.25) is 0 Å². The number of carboxylic acid groups (broad SMARTS) is 1. The summed E-state index contributed by atoms with van der Waals surface area (Å²) < 4.78 is 0. The Labute approximate surface area is 127 Å². The second-order valence-corrected chi connectivity index (χ2v) is 5.81. The van der Waals surface area contributed by atoms with Crippen molar-refractivity contribution in [2.75, 3.05) is 5.32 Å². The van der Waals surface area contributed by atoms with Crippen molar-refractivity contribution < 1.29 is 19.6 Å². The number of benzene rings is 1. The molecule has 1 amide bonds. The molecule has 0 saturated heterocycles. The molecule has 0 aliphatic heterocycles. The van der Waals surface area contributed by atoms with Crippen molar-refractivity contribution in [2.45, 2.75) is 38.5 Å². The summed E-state index contributed by atoms with van der Waals surface area (Å²) in [7, 11) is 0. The van der Waals surface area contributed by atoms with E-state index in [0.29, 0.717) is 5.69 Å². The molecular formula is C15H18N2O5. The van der Waals surface area contributed by atoms with Gasteiger partial charge in [0.05, 0.1) is 11.3 Å². The van der Waals surface area contributed by atoms with Crippen molar-refractivity contribution in [3.05, 3.63) is 34.4 Å². The Bertz CT molecular complexity index is 593. The minimum Gasteiger partial charge on any atom is -0.481 e. The van der Waals surface area contributed by atoms with Gasteiger partial charge in [-0.3, -0.25) is 19.7 Å². The number of nitro groups is 1. The zero-order chi connectivity index (χ0) is 16.2. The molecule has 22 heavy (non-hydrogen) atoms. The van der Waals surface area contributed by atoms with Crippen LogP contribution >= 0.6 is 0 Å². The second kappa shape index (κ2) is 6.55. The zero-order valence-electron chi connectivity index (χ0n) is 12.1. The average molecular weight is 306 g/mol. The van der Waals surface area contributed by atoms with E-state index in [4.69, 9.17) is 5.11 Å². The highest BCUT2D eigenvalue weighted by Crippen LogP contribution is 2.44. The number of hydrogen-bond donors (Lipinski definition) is 2. The monoisotopic (exact) mass is 306 g/mol. The quantitative estimate of drug-likeness (QED) is 0.620. The molecule has 7 nitrogen and oxygen atoms in total. The van der Waals surface area contributed by atoms with E-state index in [1.165, 1.54) is 18.2 Å². The second-order valence-electron chi connectivity index (χ2n) is 5.81. The average Bonchev–Trinajstić information content (AvgIpc) is 2.85. The first-order valence-corrected chi connectivity index (χ1v) is 7.16. The topological polar surface area (TPSA) is 110 Å². The van der Waals surface area contributed by atoms with Crippen molar-refractivity contribution in [2.24, 2.45) is 5.41 Å². The third-order valence-corrected chi connectivity index (χ3v) is 4.07. The van der Waals surface area contributed by atoms with Crippen molar-refractivity contribution in [1.29, 1.82) is 0 Å². The summed E-state index contributed by atoms with van der Waals surface area (Å²) >= 11 is 0. The Morgan fingerprint density at radius 2 is 1.95 bits per heavy atom. The third-order valence-electron chi connectivity index (χ3n) is 4.07. The van der Waals surface area contributed by atoms with Gasteiger partial charge in [-0.1, -0.05) is 18.9 Å². The number of hydrogen-bond acceptors (Lipinski definition) is 4. The number of anilines is 1. The summed E-state index contributed by atoms with van der Waals surface area (Å²) in [5.74, 6) is -1.20. The molecule has 1 aromatic rings.